The first-order valence-electron chi connectivity index (χ1n) is 16.3. The number of hydrogen-bond donors (Lipinski definition) is 2. The lowest BCUT2D eigenvalue weighted by Gasteiger charge is -2.30. The molecule has 0 spiro atoms. The fourth-order valence-corrected chi connectivity index (χ4v) is 7.76. The molecule has 2 saturated heterocycles. The van der Waals surface area contributed by atoms with Gasteiger partial charge in [0, 0.05) is 50.3 Å². The highest BCUT2D eigenvalue weighted by molar-refractivity contribution is 6.36. The molecular formula is C35H41Cl2N3O8. The van der Waals surface area contributed by atoms with Crippen molar-refractivity contribution in [3.8, 4) is 0 Å². The van der Waals surface area contributed by atoms with Crippen LogP contribution in [-0.2, 0) is 30.2 Å². The van der Waals surface area contributed by atoms with Gasteiger partial charge >= 0.3 is 5.97 Å². The molecule has 2 amide bonds. The summed E-state index contributed by atoms with van der Waals surface area (Å²) in [7, 11) is 3.37. The third-order valence-electron chi connectivity index (χ3n) is 10.1. The summed E-state index contributed by atoms with van der Waals surface area (Å²) in [4.78, 5) is 42.6. The van der Waals surface area contributed by atoms with E-state index in [4.69, 9.17) is 41.8 Å². The van der Waals surface area contributed by atoms with Crippen LogP contribution in [0.25, 0.3) is 11.0 Å². The van der Waals surface area contributed by atoms with Crippen LogP contribution in [-0.4, -0.2) is 104 Å². The van der Waals surface area contributed by atoms with Crippen molar-refractivity contribution in [1.82, 2.24) is 9.80 Å². The number of halogens is 2. The number of furan rings is 1. The van der Waals surface area contributed by atoms with Crippen LogP contribution < -0.4 is 5.32 Å². The summed E-state index contributed by atoms with van der Waals surface area (Å²) in [6, 6.07) is 10.4. The van der Waals surface area contributed by atoms with E-state index < -0.39 is 11.9 Å². The van der Waals surface area contributed by atoms with E-state index in [1.54, 1.807) is 38.5 Å². The van der Waals surface area contributed by atoms with Crippen molar-refractivity contribution >= 4 is 57.6 Å². The number of amides is 2. The Hall–Kier alpha value is -3.19. The zero-order valence-corrected chi connectivity index (χ0v) is 28.5. The van der Waals surface area contributed by atoms with Crippen molar-refractivity contribution in [3.63, 3.8) is 0 Å². The fourth-order valence-electron chi connectivity index (χ4n) is 7.29. The second-order valence-electron chi connectivity index (χ2n) is 12.9. The number of methoxy groups -OCH3 is 2. The van der Waals surface area contributed by atoms with E-state index >= 15 is 0 Å². The Labute approximate surface area is 289 Å². The van der Waals surface area contributed by atoms with Gasteiger partial charge in [0.2, 0.25) is 5.91 Å². The van der Waals surface area contributed by atoms with Crippen LogP contribution in [0.1, 0.15) is 48.0 Å². The van der Waals surface area contributed by atoms with E-state index in [0.717, 1.165) is 6.42 Å². The average Bonchev–Trinajstić information content (AvgIpc) is 3.83. The van der Waals surface area contributed by atoms with Crippen molar-refractivity contribution in [2.45, 2.75) is 68.9 Å². The maximum Gasteiger partial charge on any atom is 0.306 e. The molecule has 2 N–H and O–H groups in total. The SMILES string of the molecule is COC1CN([C@H]2C[C@@H](COC3CCC(C(=O)O)CC3)N(C(=O)Cc3cc(Cl)c(NC(=O)c4coc5ccccc45)cc3Cl)C2)C[C@H]1OC. The number of rotatable bonds is 11. The molecule has 2 aromatic carbocycles. The highest BCUT2D eigenvalue weighted by Crippen LogP contribution is 2.34. The normalized spacial score (nSPS) is 26.3. The molecule has 3 aliphatic rings. The van der Waals surface area contributed by atoms with E-state index in [-0.39, 0.29) is 53.7 Å². The van der Waals surface area contributed by atoms with Gasteiger partial charge in [0.15, 0.2) is 0 Å². The molecule has 0 bridgehead atoms. The second kappa shape index (κ2) is 15.1. The Morgan fingerprint density at radius 1 is 0.979 bits per heavy atom. The van der Waals surface area contributed by atoms with Gasteiger partial charge in [-0.15, -0.1) is 0 Å². The number of anilines is 1. The number of aliphatic carboxylic acids is 1. The van der Waals surface area contributed by atoms with E-state index in [9.17, 15) is 19.5 Å². The number of para-hydroxylation sites is 1. The van der Waals surface area contributed by atoms with Crippen molar-refractivity contribution in [3.05, 3.63) is 63.8 Å². The van der Waals surface area contributed by atoms with Gasteiger partial charge in [0.25, 0.3) is 5.91 Å². The first kappa shape index (κ1) is 34.7. The number of carbonyl (C=O) groups excluding carboxylic acids is 2. The summed E-state index contributed by atoms with van der Waals surface area (Å²) >= 11 is 13.3. The average molecular weight is 703 g/mol. The van der Waals surface area contributed by atoms with E-state index in [1.165, 1.54) is 6.26 Å². The van der Waals surface area contributed by atoms with Crippen molar-refractivity contribution in [2.75, 3.05) is 45.8 Å². The van der Waals surface area contributed by atoms with Gasteiger partial charge < -0.3 is 34.0 Å². The monoisotopic (exact) mass is 701 g/mol. The van der Waals surface area contributed by atoms with Crippen LogP contribution in [0, 0.1) is 5.92 Å². The Balaban J connectivity index is 1.14. The van der Waals surface area contributed by atoms with Gasteiger partial charge in [0.05, 0.1) is 59.6 Å². The number of carbonyl (C=O) groups is 3. The molecule has 258 valence electrons. The van der Waals surface area contributed by atoms with Crippen LogP contribution in [0.5, 0.6) is 0 Å². The number of nitrogens with zero attached hydrogens (tertiary/aromatic N) is 2. The maximum atomic E-state index is 14.0. The molecule has 1 unspecified atom stereocenters. The Morgan fingerprint density at radius 2 is 1.69 bits per heavy atom. The summed E-state index contributed by atoms with van der Waals surface area (Å²) in [5.41, 5.74) is 1.84. The number of hydrogen-bond acceptors (Lipinski definition) is 8. The van der Waals surface area contributed by atoms with E-state index in [1.807, 2.05) is 17.0 Å². The molecule has 1 aromatic heterocycles. The highest BCUT2D eigenvalue weighted by Gasteiger charge is 2.43. The Bertz CT molecular complexity index is 1630. The predicted molar refractivity (Wildman–Crippen MR) is 181 cm³/mol. The van der Waals surface area contributed by atoms with Crippen LogP contribution in [0.3, 0.4) is 0 Å². The highest BCUT2D eigenvalue weighted by atomic mass is 35.5. The molecule has 13 heteroatoms. The molecule has 48 heavy (non-hydrogen) atoms. The summed E-state index contributed by atoms with van der Waals surface area (Å²) in [6.45, 7) is 2.29. The lowest BCUT2D eigenvalue weighted by atomic mass is 9.87. The van der Waals surface area contributed by atoms with Gasteiger partial charge in [-0.25, -0.2) is 0 Å². The number of carboxylic acids is 1. The zero-order chi connectivity index (χ0) is 33.9. The Morgan fingerprint density at radius 3 is 2.38 bits per heavy atom. The van der Waals surface area contributed by atoms with Gasteiger partial charge in [-0.2, -0.15) is 0 Å². The van der Waals surface area contributed by atoms with E-state index in [0.29, 0.717) is 84.7 Å². The Kier molecular flexibility index (Phi) is 10.9. The molecule has 0 radical (unpaired) electrons. The fraction of sp³-hybridized carbons (Fsp3) is 0.514. The zero-order valence-electron chi connectivity index (χ0n) is 27.0. The predicted octanol–water partition coefficient (Wildman–Crippen LogP) is 5.51. The minimum absolute atomic E-state index is 0.0213. The van der Waals surface area contributed by atoms with Crippen LogP contribution >= 0.6 is 23.2 Å². The minimum Gasteiger partial charge on any atom is -0.481 e. The molecule has 11 nitrogen and oxygen atoms in total. The number of likely N-dealkylation sites (tertiary alicyclic amines) is 2. The quantitative estimate of drug-likeness (QED) is 0.266. The lowest BCUT2D eigenvalue weighted by molar-refractivity contribution is -0.144. The first-order chi connectivity index (χ1) is 23.1. The number of nitrogens with one attached hydrogen (secondary N) is 1. The van der Waals surface area contributed by atoms with Crippen molar-refractivity contribution in [2.24, 2.45) is 5.92 Å². The maximum absolute atomic E-state index is 14.0. The summed E-state index contributed by atoms with van der Waals surface area (Å²) in [5, 5.41) is 13.4. The standard InChI is InChI=1S/C35H41Cl2N3O8/c1-45-31-16-39(17-32(31)46-2)22-13-23(18-47-24-9-7-20(8-10-24)35(43)44)40(15-22)33(41)12-21-11-28(37)29(14-27(21)36)38-34(42)26-19-48-30-6-4-3-5-25(26)30/h3-6,11,14,19-20,22-24,31-32H,7-10,12-13,15-18H2,1-2H3,(H,38,42)(H,43,44)/t20?,22-,23-,24?,31+,32?/m0/s1. The van der Waals surface area contributed by atoms with E-state index in [2.05, 4.69) is 10.2 Å². The molecule has 1 aliphatic carbocycles. The van der Waals surface area contributed by atoms with Crippen molar-refractivity contribution < 1.29 is 38.1 Å². The molecular weight excluding hydrogens is 661 g/mol. The van der Waals surface area contributed by atoms with Crippen molar-refractivity contribution in [1.29, 1.82) is 0 Å². The number of ether oxygens (including phenoxy) is 3. The lowest BCUT2D eigenvalue weighted by Crippen LogP contribution is -2.41. The smallest absolute Gasteiger partial charge is 0.306 e. The molecule has 2 aliphatic heterocycles. The number of benzene rings is 2. The van der Waals surface area contributed by atoms with Gasteiger partial charge in [-0.05, 0) is 55.9 Å². The third-order valence-corrected chi connectivity index (χ3v) is 10.7. The van der Waals surface area contributed by atoms with Crippen LogP contribution in [0.2, 0.25) is 10.0 Å². The molecule has 1 saturated carbocycles. The third kappa shape index (κ3) is 7.51. The van der Waals surface area contributed by atoms with Gasteiger partial charge in [0.1, 0.15) is 11.8 Å². The number of fused-ring (bicyclic) bond motifs is 1. The summed E-state index contributed by atoms with van der Waals surface area (Å²) < 4.78 is 23.2. The molecule has 3 fully saturated rings. The summed E-state index contributed by atoms with van der Waals surface area (Å²) in [6.07, 6.45) is 4.58. The molecule has 4 atom stereocenters. The molecule has 3 heterocycles. The topological polar surface area (TPSA) is 131 Å². The first-order valence-corrected chi connectivity index (χ1v) is 17.1. The van der Waals surface area contributed by atoms with Crippen LogP contribution in [0.4, 0.5) is 5.69 Å². The largest absolute Gasteiger partial charge is 0.481 e. The molecule has 3 aromatic rings. The summed E-state index contributed by atoms with van der Waals surface area (Å²) in [5.74, 6) is -1.57. The minimum atomic E-state index is -0.751. The van der Waals surface area contributed by atoms with Gasteiger partial charge in [-0.1, -0.05) is 41.4 Å². The van der Waals surface area contributed by atoms with Crippen LogP contribution in [0.15, 0.2) is 47.1 Å². The second-order valence-corrected chi connectivity index (χ2v) is 13.8. The van der Waals surface area contributed by atoms with Gasteiger partial charge in [-0.3, -0.25) is 19.3 Å². The molecule has 6 rings (SSSR count). The number of carboxylic acid groups (broad SMARTS) is 1.